The van der Waals surface area contributed by atoms with Crippen molar-refractivity contribution in [2.45, 2.75) is 51.6 Å². The lowest BCUT2D eigenvalue weighted by Gasteiger charge is -2.32. The van der Waals surface area contributed by atoms with Crippen LogP contribution in [0.25, 0.3) is 0 Å². The lowest BCUT2D eigenvalue weighted by atomic mass is 9.95. The number of nitrogens with zero attached hydrogens (tertiary/aromatic N) is 1. The van der Waals surface area contributed by atoms with E-state index in [4.69, 9.17) is 0 Å². The third-order valence-corrected chi connectivity index (χ3v) is 4.65. The van der Waals surface area contributed by atoms with Gasteiger partial charge in [0.2, 0.25) is 5.91 Å². The molecule has 122 valence electrons. The van der Waals surface area contributed by atoms with E-state index >= 15 is 0 Å². The van der Waals surface area contributed by atoms with Gasteiger partial charge in [0.15, 0.2) is 0 Å². The summed E-state index contributed by atoms with van der Waals surface area (Å²) in [6.07, 6.45) is 3.95. The SMILES string of the molecule is CC(C)NC(=O)C(C1CCCC1)N1C(=O)C(=O)c2ccccc21. The zero-order valence-corrected chi connectivity index (χ0v) is 13.5. The number of amides is 2. The highest BCUT2D eigenvalue weighted by molar-refractivity contribution is 6.52. The van der Waals surface area contributed by atoms with E-state index in [9.17, 15) is 14.4 Å². The maximum Gasteiger partial charge on any atom is 0.300 e. The summed E-state index contributed by atoms with van der Waals surface area (Å²) in [5.41, 5.74) is 0.969. The molecule has 2 aliphatic rings. The number of anilines is 1. The lowest BCUT2D eigenvalue weighted by molar-refractivity contribution is -0.126. The molecule has 1 N–H and O–H groups in total. The van der Waals surface area contributed by atoms with E-state index in [0.29, 0.717) is 11.3 Å². The van der Waals surface area contributed by atoms with Crippen molar-refractivity contribution in [2.75, 3.05) is 4.90 Å². The molecule has 5 nitrogen and oxygen atoms in total. The Morgan fingerprint density at radius 2 is 1.83 bits per heavy atom. The normalized spacial score (nSPS) is 19.3. The molecule has 1 saturated carbocycles. The highest BCUT2D eigenvalue weighted by Crippen LogP contribution is 2.37. The molecule has 1 aliphatic carbocycles. The molecule has 5 heteroatoms. The number of hydrogen-bond acceptors (Lipinski definition) is 3. The zero-order valence-electron chi connectivity index (χ0n) is 13.5. The van der Waals surface area contributed by atoms with E-state index in [-0.39, 0.29) is 17.9 Å². The Morgan fingerprint density at radius 3 is 2.48 bits per heavy atom. The Kier molecular flexibility index (Phi) is 4.20. The molecule has 1 aromatic rings. The molecule has 0 aromatic heterocycles. The first-order valence-corrected chi connectivity index (χ1v) is 8.28. The quantitative estimate of drug-likeness (QED) is 0.867. The van der Waals surface area contributed by atoms with Gasteiger partial charge in [0.05, 0.1) is 11.3 Å². The first kappa shape index (κ1) is 15.7. The van der Waals surface area contributed by atoms with E-state index < -0.39 is 17.7 Å². The summed E-state index contributed by atoms with van der Waals surface area (Å²) in [7, 11) is 0. The smallest absolute Gasteiger partial charge is 0.300 e. The van der Waals surface area contributed by atoms with Crippen LogP contribution in [0.15, 0.2) is 24.3 Å². The Hall–Kier alpha value is -2.17. The average molecular weight is 314 g/mol. The number of benzene rings is 1. The molecule has 23 heavy (non-hydrogen) atoms. The molecule has 1 unspecified atom stereocenters. The molecular formula is C18H22N2O3. The average Bonchev–Trinajstić information content (AvgIpc) is 3.11. The highest BCUT2D eigenvalue weighted by Gasteiger charge is 2.45. The standard InChI is InChI=1S/C18H22N2O3/c1-11(2)19-17(22)15(12-7-3-4-8-12)20-14-10-6-5-9-13(14)16(21)18(20)23/h5-6,9-12,15H,3-4,7-8H2,1-2H3,(H,19,22). The first-order valence-electron chi connectivity index (χ1n) is 8.28. The monoisotopic (exact) mass is 314 g/mol. The molecule has 1 aliphatic heterocycles. The third-order valence-electron chi connectivity index (χ3n) is 4.65. The lowest BCUT2D eigenvalue weighted by Crippen LogP contribution is -2.54. The number of para-hydroxylation sites is 1. The molecule has 3 rings (SSSR count). The predicted octanol–water partition coefficient (Wildman–Crippen LogP) is 2.30. The topological polar surface area (TPSA) is 66.5 Å². The largest absolute Gasteiger partial charge is 0.352 e. The Balaban J connectivity index is 2.01. The molecular weight excluding hydrogens is 292 g/mol. The van der Waals surface area contributed by atoms with Crippen LogP contribution in [-0.4, -0.2) is 29.7 Å². The summed E-state index contributed by atoms with van der Waals surface area (Å²) in [5, 5.41) is 2.92. The third kappa shape index (κ3) is 2.76. The van der Waals surface area contributed by atoms with E-state index in [2.05, 4.69) is 5.32 Å². The van der Waals surface area contributed by atoms with Crippen molar-refractivity contribution < 1.29 is 14.4 Å². The van der Waals surface area contributed by atoms with Gasteiger partial charge in [-0.15, -0.1) is 0 Å². The summed E-state index contributed by atoms with van der Waals surface area (Å²) in [6.45, 7) is 3.79. The van der Waals surface area contributed by atoms with Crippen molar-refractivity contribution in [2.24, 2.45) is 5.92 Å². The number of carbonyl (C=O) groups excluding carboxylic acids is 3. The second-order valence-electron chi connectivity index (χ2n) is 6.67. The second kappa shape index (κ2) is 6.14. The number of hydrogen-bond donors (Lipinski definition) is 1. The van der Waals surface area contributed by atoms with Gasteiger partial charge in [-0.2, -0.15) is 0 Å². The van der Waals surface area contributed by atoms with Crippen LogP contribution in [-0.2, 0) is 9.59 Å². The van der Waals surface area contributed by atoms with Crippen LogP contribution in [0.3, 0.4) is 0 Å². The van der Waals surface area contributed by atoms with Gasteiger partial charge in [0, 0.05) is 6.04 Å². The highest BCUT2D eigenvalue weighted by atomic mass is 16.2. The fourth-order valence-electron chi connectivity index (χ4n) is 3.67. The second-order valence-corrected chi connectivity index (χ2v) is 6.67. The van der Waals surface area contributed by atoms with Crippen LogP contribution in [0, 0.1) is 5.92 Å². The minimum absolute atomic E-state index is 0.00458. The summed E-state index contributed by atoms with van der Waals surface area (Å²) >= 11 is 0. The summed E-state index contributed by atoms with van der Waals surface area (Å²) in [4.78, 5) is 39.0. The molecule has 0 bridgehead atoms. The number of fused-ring (bicyclic) bond motifs is 1. The molecule has 0 radical (unpaired) electrons. The van der Waals surface area contributed by atoms with Crippen LogP contribution >= 0.6 is 0 Å². The van der Waals surface area contributed by atoms with Crippen LogP contribution in [0.5, 0.6) is 0 Å². The number of Topliss-reactive ketones (excluding diaryl/α,β-unsaturated/α-hetero) is 1. The van der Waals surface area contributed by atoms with Gasteiger partial charge in [-0.05, 0) is 44.7 Å². The van der Waals surface area contributed by atoms with Crippen LogP contribution in [0.4, 0.5) is 5.69 Å². The van der Waals surface area contributed by atoms with Crippen LogP contribution < -0.4 is 10.2 Å². The van der Waals surface area contributed by atoms with Gasteiger partial charge in [0.25, 0.3) is 11.7 Å². The minimum Gasteiger partial charge on any atom is -0.352 e. The van der Waals surface area contributed by atoms with E-state index in [0.717, 1.165) is 25.7 Å². The van der Waals surface area contributed by atoms with Gasteiger partial charge in [0.1, 0.15) is 6.04 Å². The van der Waals surface area contributed by atoms with Gasteiger partial charge < -0.3 is 5.32 Å². The number of nitrogens with one attached hydrogen (secondary N) is 1. The molecule has 1 heterocycles. The van der Waals surface area contributed by atoms with E-state index in [1.165, 1.54) is 4.90 Å². The summed E-state index contributed by atoms with van der Waals surface area (Å²) in [6, 6.07) is 6.34. The summed E-state index contributed by atoms with van der Waals surface area (Å²) < 4.78 is 0. The Labute approximate surface area is 136 Å². The van der Waals surface area contributed by atoms with Gasteiger partial charge in [-0.25, -0.2) is 0 Å². The fourth-order valence-corrected chi connectivity index (χ4v) is 3.67. The predicted molar refractivity (Wildman–Crippen MR) is 87.3 cm³/mol. The molecule has 0 saturated heterocycles. The molecule has 1 atom stereocenters. The molecule has 2 amide bonds. The van der Waals surface area contributed by atoms with Gasteiger partial charge in [-0.1, -0.05) is 25.0 Å². The number of carbonyl (C=O) groups is 3. The van der Waals surface area contributed by atoms with Crippen LogP contribution in [0.1, 0.15) is 49.9 Å². The minimum atomic E-state index is -0.597. The van der Waals surface area contributed by atoms with Crippen molar-refractivity contribution in [1.29, 1.82) is 0 Å². The maximum absolute atomic E-state index is 12.8. The Morgan fingerprint density at radius 1 is 1.17 bits per heavy atom. The maximum atomic E-state index is 12.8. The number of rotatable bonds is 4. The van der Waals surface area contributed by atoms with Crippen molar-refractivity contribution >= 4 is 23.3 Å². The van der Waals surface area contributed by atoms with Crippen molar-refractivity contribution in [1.82, 2.24) is 5.32 Å². The fraction of sp³-hybridized carbons (Fsp3) is 0.500. The van der Waals surface area contributed by atoms with Crippen LogP contribution in [0.2, 0.25) is 0 Å². The molecule has 1 aromatic carbocycles. The van der Waals surface area contributed by atoms with Gasteiger partial charge >= 0.3 is 0 Å². The van der Waals surface area contributed by atoms with Crippen molar-refractivity contribution in [3.8, 4) is 0 Å². The Bertz CT molecular complexity index is 647. The summed E-state index contributed by atoms with van der Waals surface area (Å²) in [5.74, 6) is -1.15. The molecule has 0 spiro atoms. The number of ketones is 1. The van der Waals surface area contributed by atoms with E-state index in [1.807, 2.05) is 13.8 Å². The molecule has 1 fully saturated rings. The first-order chi connectivity index (χ1) is 11.0. The van der Waals surface area contributed by atoms with Gasteiger partial charge in [-0.3, -0.25) is 19.3 Å². The van der Waals surface area contributed by atoms with Crippen molar-refractivity contribution in [3.63, 3.8) is 0 Å². The zero-order chi connectivity index (χ0) is 16.6. The van der Waals surface area contributed by atoms with Crippen molar-refractivity contribution in [3.05, 3.63) is 29.8 Å². The van der Waals surface area contributed by atoms with E-state index in [1.54, 1.807) is 24.3 Å².